The Morgan fingerprint density at radius 2 is 1.93 bits per heavy atom. The number of rotatable bonds is 5. The fourth-order valence-electron chi connectivity index (χ4n) is 1.10. The molecule has 1 atom stereocenters. The summed E-state index contributed by atoms with van der Waals surface area (Å²) in [6.45, 7) is 2.69. The number of hydrogen-bond acceptors (Lipinski definition) is 3. The largest absolute Gasteiger partial charge is 0.508 e. The molecule has 0 saturated heterocycles. The van der Waals surface area contributed by atoms with Crippen molar-refractivity contribution in [3.63, 3.8) is 0 Å². The van der Waals surface area contributed by atoms with Crippen LogP contribution in [0.25, 0.3) is 0 Å². The number of phenolic OH excluding ortho intramolecular Hbond substituents is 1. The third-order valence-electron chi connectivity index (χ3n) is 1.90. The lowest BCUT2D eigenvalue weighted by atomic mass is 10.3. The lowest BCUT2D eigenvalue weighted by Gasteiger charge is -2.13. The molecule has 0 aromatic heterocycles. The molecule has 0 aliphatic rings. The average Bonchev–Trinajstić information content (AvgIpc) is 2.18. The van der Waals surface area contributed by atoms with Crippen LogP contribution >= 0.6 is 0 Å². The van der Waals surface area contributed by atoms with Crippen molar-refractivity contribution in [3.8, 4) is 11.5 Å². The van der Waals surface area contributed by atoms with Crippen molar-refractivity contribution in [3.05, 3.63) is 24.3 Å². The molecule has 1 N–H and O–H groups in total. The van der Waals surface area contributed by atoms with E-state index in [0.717, 1.165) is 12.2 Å². The van der Waals surface area contributed by atoms with Gasteiger partial charge in [-0.1, -0.05) is 0 Å². The quantitative estimate of drug-likeness (QED) is 0.784. The molecular weight excluding hydrogens is 180 g/mol. The summed E-state index contributed by atoms with van der Waals surface area (Å²) in [5.41, 5.74) is 0. The summed E-state index contributed by atoms with van der Waals surface area (Å²) in [5, 5.41) is 9.06. The number of aromatic hydroxyl groups is 1. The monoisotopic (exact) mass is 196 g/mol. The van der Waals surface area contributed by atoms with Gasteiger partial charge >= 0.3 is 0 Å². The Kier molecular flexibility index (Phi) is 4.26. The van der Waals surface area contributed by atoms with Crippen molar-refractivity contribution in [2.75, 3.05) is 13.7 Å². The van der Waals surface area contributed by atoms with Crippen LogP contribution in [-0.4, -0.2) is 24.9 Å². The summed E-state index contributed by atoms with van der Waals surface area (Å²) in [6, 6.07) is 6.72. The first-order chi connectivity index (χ1) is 6.72. The summed E-state index contributed by atoms with van der Waals surface area (Å²) in [6.07, 6.45) is 0.983. The second-order valence-electron chi connectivity index (χ2n) is 3.20. The Balaban J connectivity index is 2.39. The number of methoxy groups -OCH3 is 1. The zero-order valence-corrected chi connectivity index (χ0v) is 8.56. The first-order valence-electron chi connectivity index (χ1n) is 4.67. The van der Waals surface area contributed by atoms with E-state index < -0.39 is 0 Å². The molecule has 0 bridgehead atoms. The highest BCUT2D eigenvalue weighted by Gasteiger charge is 2.03. The maximum Gasteiger partial charge on any atom is 0.119 e. The van der Waals surface area contributed by atoms with Crippen molar-refractivity contribution >= 4 is 0 Å². The first kappa shape index (κ1) is 10.9. The van der Waals surface area contributed by atoms with Gasteiger partial charge in [0.05, 0.1) is 6.10 Å². The van der Waals surface area contributed by atoms with Gasteiger partial charge in [-0.25, -0.2) is 0 Å². The molecule has 1 rings (SSSR count). The minimum Gasteiger partial charge on any atom is -0.508 e. The SMILES string of the molecule is COCCC(C)Oc1ccc(O)cc1. The molecule has 1 unspecified atom stereocenters. The van der Waals surface area contributed by atoms with E-state index in [9.17, 15) is 0 Å². The molecule has 0 aliphatic heterocycles. The summed E-state index contributed by atoms with van der Waals surface area (Å²) in [5.74, 6) is 1.02. The van der Waals surface area contributed by atoms with E-state index in [-0.39, 0.29) is 11.9 Å². The summed E-state index contributed by atoms with van der Waals surface area (Å²) < 4.78 is 10.5. The summed E-state index contributed by atoms with van der Waals surface area (Å²) >= 11 is 0. The Morgan fingerprint density at radius 1 is 1.29 bits per heavy atom. The third-order valence-corrected chi connectivity index (χ3v) is 1.90. The van der Waals surface area contributed by atoms with Gasteiger partial charge < -0.3 is 14.6 Å². The van der Waals surface area contributed by atoms with Gasteiger partial charge in [0.2, 0.25) is 0 Å². The van der Waals surface area contributed by atoms with Gasteiger partial charge in [0.15, 0.2) is 0 Å². The van der Waals surface area contributed by atoms with Crippen LogP contribution < -0.4 is 4.74 Å². The van der Waals surface area contributed by atoms with E-state index in [1.165, 1.54) is 0 Å². The Labute approximate surface area is 84.3 Å². The minimum atomic E-state index is 0.125. The second kappa shape index (κ2) is 5.50. The molecule has 0 amide bonds. The molecule has 78 valence electrons. The van der Waals surface area contributed by atoms with Crippen molar-refractivity contribution < 1.29 is 14.6 Å². The predicted molar refractivity (Wildman–Crippen MR) is 54.7 cm³/mol. The third kappa shape index (κ3) is 3.66. The van der Waals surface area contributed by atoms with Crippen molar-refractivity contribution in [2.45, 2.75) is 19.4 Å². The molecule has 14 heavy (non-hydrogen) atoms. The topological polar surface area (TPSA) is 38.7 Å². The molecule has 0 spiro atoms. The molecule has 3 nitrogen and oxygen atoms in total. The molecule has 0 fully saturated rings. The number of phenols is 1. The van der Waals surface area contributed by atoms with E-state index in [4.69, 9.17) is 14.6 Å². The lowest BCUT2D eigenvalue weighted by Crippen LogP contribution is -2.13. The standard InChI is InChI=1S/C11H16O3/c1-9(7-8-13-2)14-11-5-3-10(12)4-6-11/h3-6,9,12H,7-8H2,1-2H3. The zero-order valence-electron chi connectivity index (χ0n) is 8.56. The fourth-order valence-corrected chi connectivity index (χ4v) is 1.10. The van der Waals surface area contributed by atoms with Gasteiger partial charge in [-0.05, 0) is 31.2 Å². The Morgan fingerprint density at radius 3 is 2.50 bits per heavy atom. The molecular formula is C11H16O3. The van der Waals surface area contributed by atoms with E-state index in [1.807, 2.05) is 6.92 Å². The van der Waals surface area contributed by atoms with Crippen LogP contribution in [-0.2, 0) is 4.74 Å². The smallest absolute Gasteiger partial charge is 0.119 e. The molecule has 0 saturated carbocycles. The van der Waals surface area contributed by atoms with Crippen LogP contribution in [0.3, 0.4) is 0 Å². The maximum absolute atomic E-state index is 9.06. The predicted octanol–water partition coefficient (Wildman–Crippen LogP) is 2.20. The second-order valence-corrected chi connectivity index (χ2v) is 3.20. The van der Waals surface area contributed by atoms with E-state index in [0.29, 0.717) is 6.61 Å². The van der Waals surface area contributed by atoms with Crippen LogP contribution in [0, 0.1) is 0 Å². The lowest BCUT2D eigenvalue weighted by molar-refractivity contribution is 0.135. The van der Waals surface area contributed by atoms with Crippen molar-refractivity contribution in [1.82, 2.24) is 0 Å². The first-order valence-corrected chi connectivity index (χ1v) is 4.67. The van der Waals surface area contributed by atoms with Crippen LogP contribution in [0.5, 0.6) is 11.5 Å². The van der Waals surface area contributed by atoms with Crippen molar-refractivity contribution in [1.29, 1.82) is 0 Å². The summed E-state index contributed by atoms with van der Waals surface area (Å²) in [4.78, 5) is 0. The minimum absolute atomic E-state index is 0.125. The molecule has 3 heteroatoms. The van der Waals surface area contributed by atoms with E-state index in [2.05, 4.69) is 0 Å². The fraction of sp³-hybridized carbons (Fsp3) is 0.455. The highest BCUT2D eigenvalue weighted by atomic mass is 16.5. The number of hydrogen-bond donors (Lipinski definition) is 1. The van der Waals surface area contributed by atoms with Gasteiger partial charge in [0.1, 0.15) is 11.5 Å². The van der Waals surface area contributed by atoms with Crippen LogP contribution in [0.2, 0.25) is 0 Å². The van der Waals surface area contributed by atoms with Gasteiger partial charge in [0.25, 0.3) is 0 Å². The van der Waals surface area contributed by atoms with Gasteiger partial charge in [-0.15, -0.1) is 0 Å². The van der Waals surface area contributed by atoms with Crippen LogP contribution in [0.15, 0.2) is 24.3 Å². The van der Waals surface area contributed by atoms with Crippen molar-refractivity contribution in [2.24, 2.45) is 0 Å². The highest BCUT2D eigenvalue weighted by molar-refractivity contribution is 5.30. The average molecular weight is 196 g/mol. The van der Waals surface area contributed by atoms with Gasteiger partial charge in [-0.2, -0.15) is 0 Å². The molecule has 0 aliphatic carbocycles. The van der Waals surface area contributed by atoms with Gasteiger partial charge in [0, 0.05) is 20.1 Å². The summed E-state index contributed by atoms with van der Waals surface area (Å²) in [7, 11) is 1.67. The van der Waals surface area contributed by atoms with Crippen LogP contribution in [0.4, 0.5) is 0 Å². The van der Waals surface area contributed by atoms with Crippen LogP contribution in [0.1, 0.15) is 13.3 Å². The van der Waals surface area contributed by atoms with Gasteiger partial charge in [-0.3, -0.25) is 0 Å². The molecule has 0 heterocycles. The zero-order chi connectivity index (χ0) is 10.4. The normalized spacial score (nSPS) is 12.4. The number of ether oxygens (including phenoxy) is 2. The maximum atomic E-state index is 9.06. The molecule has 1 aromatic rings. The highest BCUT2D eigenvalue weighted by Crippen LogP contribution is 2.17. The Hall–Kier alpha value is -1.22. The molecule has 1 aromatic carbocycles. The molecule has 0 radical (unpaired) electrons. The number of benzene rings is 1. The Bertz CT molecular complexity index is 256. The van der Waals surface area contributed by atoms with E-state index in [1.54, 1.807) is 31.4 Å². The van der Waals surface area contributed by atoms with E-state index >= 15 is 0 Å².